The topological polar surface area (TPSA) is 235 Å². The highest BCUT2D eigenvalue weighted by Crippen LogP contribution is 2.32. The molecule has 1 aliphatic rings. The molecule has 40 heavy (non-hydrogen) atoms. The number of anilines is 1. The van der Waals surface area contributed by atoms with Gasteiger partial charge < -0.3 is 35.8 Å². The Kier molecular flexibility index (Phi) is 10.2. The smallest absolute Gasteiger partial charge is 0.362 e. The predicted octanol–water partition coefficient (Wildman–Crippen LogP) is -0.522. The van der Waals surface area contributed by atoms with Crippen LogP contribution in [-0.2, 0) is 19.2 Å². The molecule has 1 saturated heterocycles. The molecule has 1 fully saturated rings. The van der Waals surface area contributed by atoms with Gasteiger partial charge in [-0.15, -0.1) is 0 Å². The molecule has 0 saturated carbocycles. The summed E-state index contributed by atoms with van der Waals surface area (Å²) in [6.45, 7) is 9.35. The highest BCUT2D eigenvalue weighted by molar-refractivity contribution is 7.85. The lowest BCUT2D eigenvalue weighted by molar-refractivity contribution is -0.0468. The molecule has 220 valence electrons. The fraction of sp³-hybridized carbons (Fsp3) is 0.478. The zero-order chi connectivity index (χ0) is 29.6. The van der Waals surface area contributed by atoms with Gasteiger partial charge in [-0.05, 0) is 31.8 Å². The van der Waals surface area contributed by atoms with Crippen LogP contribution in [0.25, 0.3) is 11.2 Å². The Balaban J connectivity index is 0.000000559. The van der Waals surface area contributed by atoms with Crippen molar-refractivity contribution in [3.05, 3.63) is 36.4 Å². The third-order valence-electron chi connectivity index (χ3n) is 6.20. The summed E-state index contributed by atoms with van der Waals surface area (Å²) in [5, 5.41) is 39.8. The van der Waals surface area contributed by atoms with Crippen molar-refractivity contribution < 1.29 is 42.6 Å². The molecule has 0 radical (unpaired) electrons. The first-order chi connectivity index (χ1) is 18.9. The molecule has 0 aliphatic carbocycles. The highest BCUT2D eigenvalue weighted by Gasteiger charge is 2.45. The normalized spacial score (nSPS) is 20.9. The number of phenols is 2. The zero-order valence-corrected chi connectivity index (χ0v) is 22.9. The molecule has 17 heteroatoms. The number of aliphatic hydroxyl groups is 2. The Morgan fingerprint density at radius 3 is 2.42 bits per heavy atom. The lowest BCUT2D eigenvalue weighted by atomic mass is 10.1. The van der Waals surface area contributed by atoms with Crippen molar-refractivity contribution in [2.45, 2.75) is 45.3 Å². The van der Waals surface area contributed by atoms with E-state index in [1.54, 1.807) is 4.72 Å². The van der Waals surface area contributed by atoms with Crippen LogP contribution in [0.2, 0.25) is 0 Å². The Labute approximate surface area is 230 Å². The Hall–Kier alpha value is -3.61. The van der Waals surface area contributed by atoms with Gasteiger partial charge in [0.05, 0.1) is 18.5 Å². The monoisotopic (exact) mass is 583 g/mol. The summed E-state index contributed by atoms with van der Waals surface area (Å²) in [5.74, 6) is -2.62. The third kappa shape index (κ3) is 6.93. The zero-order valence-electron chi connectivity index (χ0n) is 22.1. The first-order valence-electron chi connectivity index (χ1n) is 12.3. The number of amides is 1. The molecule has 7 N–H and O–H groups in total. The van der Waals surface area contributed by atoms with Crippen molar-refractivity contribution in [3.8, 4) is 11.5 Å². The quantitative estimate of drug-likeness (QED) is 0.174. The van der Waals surface area contributed by atoms with Crippen LogP contribution in [-0.4, -0.2) is 104 Å². The minimum atomic E-state index is -4.72. The number of aromatic nitrogens is 4. The number of fused-ring (bicyclic) bond motifs is 1. The van der Waals surface area contributed by atoms with Gasteiger partial charge in [-0.3, -0.25) is 13.5 Å². The number of aromatic hydroxyl groups is 2. The number of para-hydroxylation sites is 1. The number of rotatable bonds is 9. The number of nitrogens with one attached hydrogen (secondary N) is 1. The summed E-state index contributed by atoms with van der Waals surface area (Å²) in [5.41, 5.74) is 5.66. The largest absolute Gasteiger partial charge is 0.504 e. The van der Waals surface area contributed by atoms with Crippen LogP contribution in [0.5, 0.6) is 11.5 Å². The number of nitrogen functional groups attached to an aromatic ring is 1. The number of nitrogens with two attached hydrogens (primary N) is 1. The SMILES string of the molecule is CCN(CC)CC.Nc1ncnc2c1ncn2[C@@H]1O[C@H](COS(=O)(=O)NC(=O)c2cccc(O)c2O)[C@@H](O)[C@H]1O. The maximum absolute atomic E-state index is 12.1. The maximum atomic E-state index is 12.1. The molecule has 1 aliphatic heterocycles. The van der Waals surface area contributed by atoms with Crippen LogP contribution >= 0.6 is 0 Å². The highest BCUT2D eigenvalue weighted by atomic mass is 32.2. The molecular weight excluding hydrogens is 550 g/mol. The van der Waals surface area contributed by atoms with Gasteiger partial charge in [-0.25, -0.2) is 19.7 Å². The second-order valence-corrected chi connectivity index (χ2v) is 9.94. The summed E-state index contributed by atoms with van der Waals surface area (Å²) in [6.07, 6.45) is -3.15. The van der Waals surface area contributed by atoms with Gasteiger partial charge in [-0.1, -0.05) is 26.8 Å². The van der Waals surface area contributed by atoms with Crippen LogP contribution in [0.1, 0.15) is 37.4 Å². The summed E-state index contributed by atoms with van der Waals surface area (Å²) >= 11 is 0. The van der Waals surface area contributed by atoms with E-state index in [1.165, 1.54) is 42.9 Å². The molecule has 16 nitrogen and oxygen atoms in total. The predicted molar refractivity (Wildman–Crippen MR) is 141 cm³/mol. The van der Waals surface area contributed by atoms with Crippen LogP contribution in [0, 0.1) is 0 Å². The van der Waals surface area contributed by atoms with E-state index in [1.807, 2.05) is 0 Å². The number of hydrogen-bond acceptors (Lipinski definition) is 14. The molecule has 0 spiro atoms. The molecule has 3 aromatic rings. The fourth-order valence-corrected chi connectivity index (χ4v) is 4.60. The number of phenolic OH excluding ortho intramolecular Hbond substituents is 2. The number of imidazole rings is 1. The van der Waals surface area contributed by atoms with Crippen LogP contribution in [0.15, 0.2) is 30.9 Å². The number of nitrogens with zero attached hydrogens (tertiary/aromatic N) is 5. The van der Waals surface area contributed by atoms with Crippen molar-refractivity contribution in [1.29, 1.82) is 0 Å². The average molecular weight is 584 g/mol. The second kappa shape index (κ2) is 13.2. The second-order valence-electron chi connectivity index (χ2n) is 8.59. The van der Waals surface area contributed by atoms with E-state index in [4.69, 9.17) is 14.7 Å². The Bertz CT molecular complexity index is 1410. The molecule has 4 atom stereocenters. The van der Waals surface area contributed by atoms with Gasteiger partial charge in [0.2, 0.25) is 0 Å². The first-order valence-corrected chi connectivity index (χ1v) is 13.7. The number of aliphatic hydroxyl groups excluding tert-OH is 2. The van der Waals surface area contributed by atoms with Gasteiger partial charge >= 0.3 is 10.3 Å². The summed E-state index contributed by atoms with van der Waals surface area (Å²) in [6, 6.07) is 3.40. The van der Waals surface area contributed by atoms with Crippen LogP contribution < -0.4 is 10.5 Å². The molecular formula is C23H33N7O9S. The number of carbonyl (C=O) groups is 1. The van der Waals surface area contributed by atoms with Gasteiger partial charge in [0.15, 0.2) is 29.2 Å². The van der Waals surface area contributed by atoms with Crippen molar-refractivity contribution in [1.82, 2.24) is 29.1 Å². The third-order valence-corrected chi connectivity index (χ3v) is 7.09. The number of ether oxygens (including phenoxy) is 1. The minimum absolute atomic E-state index is 0.0891. The first kappa shape index (κ1) is 30.9. The molecule has 0 unspecified atom stereocenters. The van der Waals surface area contributed by atoms with Gasteiger partial charge in [0.25, 0.3) is 5.91 Å². The minimum Gasteiger partial charge on any atom is -0.504 e. The molecule has 3 heterocycles. The van der Waals surface area contributed by atoms with E-state index < -0.39 is 64.4 Å². The van der Waals surface area contributed by atoms with Crippen LogP contribution in [0.4, 0.5) is 5.82 Å². The molecule has 1 amide bonds. The fourth-order valence-electron chi connectivity index (χ4n) is 3.89. The standard InChI is InChI=1S/C17H18N6O9S.C6H15N/c18-14-10-15(20-5-19-14)23(6-21-10)17-13(27)12(26)9(32-17)4-31-33(29,30)22-16(28)7-2-1-3-8(24)11(7)25;1-4-7(5-2)6-3/h1-3,5-6,9,12-13,17,24-27H,4H2,(H,22,28)(H2,18,19,20);4-6H2,1-3H3/t9-,12-,13-,17-;/m1./s1. The van der Waals surface area contributed by atoms with Crippen LogP contribution in [0.3, 0.4) is 0 Å². The Morgan fingerprint density at radius 2 is 1.80 bits per heavy atom. The van der Waals surface area contributed by atoms with Crippen molar-refractivity contribution in [2.75, 3.05) is 32.0 Å². The summed E-state index contributed by atoms with van der Waals surface area (Å²) in [4.78, 5) is 26.3. The van der Waals surface area contributed by atoms with E-state index in [0.717, 1.165) is 12.1 Å². The van der Waals surface area contributed by atoms with E-state index in [-0.39, 0.29) is 17.0 Å². The summed E-state index contributed by atoms with van der Waals surface area (Å²) in [7, 11) is -4.72. The number of carbonyl (C=O) groups excluding carboxylic acids is 1. The van der Waals surface area contributed by atoms with Gasteiger partial charge in [0, 0.05) is 0 Å². The number of benzene rings is 1. The lowest BCUT2D eigenvalue weighted by Gasteiger charge is -2.16. The van der Waals surface area contributed by atoms with E-state index in [9.17, 15) is 33.6 Å². The molecule has 4 rings (SSSR count). The van der Waals surface area contributed by atoms with E-state index in [2.05, 4.69) is 40.6 Å². The van der Waals surface area contributed by atoms with Crippen molar-refractivity contribution >= 4 is 33.2 Å². The van der Waals surface area contributed by atoms with Crippen molar-refractivity contribution in [3.63, 3.8) is 0 Å². The molecule has 1 aromatic carbocycles. The molecule has 2 aromatic heterocycles. The van der Waals surface area contributed by atoms with Crippen molar-refractivity contribution in [2.24, 2.45) is 0 Å². The van der Waals surface area contributed by atoms with E-state index >= 15 is 0 Å². The average Bonchev–Trinajstić information content (AvgIpc) is 3.47. The number of hydrogen-bond donors (Lipinski definition) is 6. The van der Waals surface area contributed by atoms with E-state index in [0.29, 0.717) is 0 Å². The summed E-state index contributed by atoms with van der Waals surface area (Å²) < 4.78 is 37.4. The lowest BCUT2D eigenvalue weighted by Crippen LogP contribution is -2.37. The van der Waals surface area contributed by atoms with Gasteiger partial charge in [0.1, 0.15) is 30.2 Å². The molecule has 0 bridgehead atoms. The Morgan fingerprint density at radius 1 is 1.12 bits per heavy atom. The maximum Gasteiger partial charge on any atom is 0.362 e. The van der Waals surface area contributed by atoms with Gasteiger partial charge in [-0.2, -0.15) is 8.42 Å².